The van der Waals surface area contributed by atoms with Crippen LogP contribution in [-0.4, -0.2) is 26.6 Å². The van der Waals surface area contributed by atoms with Crippen LogP contribution in [0.15, 0.2) is 16.6 Å². The summed E-state index contributed by atoms with van der Waals surface area (Å²) in [6.07, 6.45) is 0.218. The molecule has 5 nitrogen and oxygen atoms in total. The van der Waals surface area contributed by atoms with E-state index in [9.17, 15) is 13.2 Å². The first kappa shape index (κ1) is 15.5. The molecule has 1 aliphatic heterocycles. The van der Waals surface area contributed by atoms with Crippen molar-refractivity contribution in [2.24, 2.45) is 11.1 Å². The highest BCUT2D eigenvalue weighted by Crippen LogP contribution is 2.35. The summed E-state index contributed by atoms with van der Waals surface area (Å²) in [5.74, 6) is -0.464. The summed E-state index contributed by atoms with van der Waals surface area (Å²) in [7, 11) is -3.55. The van der Waals surface area contributed by atoms with Gasteiger partial charge in [-0.2, -0.15) is 0 Å². The summed E-state index contributed by atoms with van der Waals surface area (Å²) >= 11 is 3.48. The smallest absolute Gasteiger partial charge is 0.227 e. The summed E-state index contributed by atoms with van der Waals surface area (Å²) in [6.45, 7) is 4.31. The van der Waals surface area contributed by atoms with Crippen molar-refractivity contribution < 1.29 is 13.2 Å². The van der Waals surface area contributed by atoms with Crippen molar-refractivity contribution in [2.75, 3.05) is 17.2 Å². The summed E-state index contributed by atoms with van der Waals surface area (Å²) in [6, 6.07) is 3.95. The maximum absolute atomic E-state index is 12.1. The topological polar surface area (TPSA) is 80.5 Å². The second-order valence-corrected chi connectivity index (χ2v) is 7.83. The Hall–Kier alpha value is -0.920. The van der Waals surface area contributed by atoms with Crippen molar-refractivity contribution in [1.82, 2.24) is 0 Å². The molecule has 2 rings (SSSR count). The highest BCUT2D eigenvalue weighted by molar-refractivity contribution is 9.10. The van der Waals surface area contributed by atoms with Crippen LogP contribution in [-0.2, 0) is 14.8 Å². The largest absolute Gasteiger partial charge is 0.311 e. The minimum absolute atomic E-state index is 0.0636. The molecule has 0 aliphatic carbocycles. The highest BCUT2D eigenvalue weighted by atomic mass is 79.9. The van der Waals surface area contributed by atoms with Gasteiger partial charge in [-0.1, -0.05) is 6.07 Å². The van der Waals surface area contributed by atoms with Crippen molar-refractivity contribution in [1.29, 1.82) is 0 Å². The molecule has 1 unspecified atom stereocenters. The number of carbonyl (C=O) groups is 1. The summed E-state index contributed by atoms with van der Waals surface area (Å²) < 4.78 is 23.2. The number of hydrogen-bond acceptors (Lipinski definition) is 3. The minimum atomic E-state index is -3.55. The number of aryl methyl sites for hydroxylation is 2. The average molecular weight is 361 g/mol. The Morgan fingerprint density at radius 2 is 2.05 bits per heavy atom. The molecule has 20 heavy (non-hydrogen) atoms. The van der Waals surface area contributed by atoms with Crippen molar-refractivity contribution >= 4 is 37.5 Å². The molecule has 0 radical (unpaired) electrons. The molecule has 1 aromatic rings. The van der Waals surface area contributed by atoms with Crippen LogP contribution >= 0.6 is 15.9 Å². The van der Waals surface area contributed by atoms with Gasteiger partial charge in [-0.25, -0.2) is 13.6 Å². The van der Waals surface area contributed by atoms with Gasteiger partial charge in [0.25, 0.3) is 0 Å². The molecule has 0 aromatic heterocycles. The zero-order valence-electron chi connectivity index (χ0n) is 11.4. The number of primary sulfonamides is 1. The fraction of sp³-hybridized carbons (Fsp3) is 0.462. The van der Waals surface area contributed by atoms with E-state index in [4.69, 9.17) is 5.14 Å². The summed E-state index contributed by atoms with van der Waals surface area (Å²) in [4.78, 5) is 13.8. The molecule has 110 valence electrons. The lowest BCUT2D eigenvalue weighted by molar-refractivity contribution is -0.117. The van der Waals surface area contributed by atoms with Gasteiger partial charge in [-0.15, -0.1) is 0 Å². The van der Waals surface area contributed by atoms with Crippen LogP contribution < -0.4 is 10.0 Å². The predicted octanol–water partition coefficient (Wildman–Crippen LogP) is 1.71. The molecule has 1 saturated heterocycles. The van der Waals surface area contributed by atoms with E-state index in [1.807, 2.05) is 26.0 Å². The average Bonchev–Trinajstić information content (AvgIpc) is 2.55. The number of nitrogens with two attached hydrogens (primary N) is 1. The number of benzene rings is 1. The number of nitrogens with zero attached hydrogens (tertiary/aromatic N) is 1. The number of rotatable bonds is 3. The zero-order valence-corrected chi connectivity index (χ0v) is 13.8. The van der Waals surface area contributed by atoms with Crippen LogP contribution in [0.5, 0.6) is 0 Å². The van der Waals surface area contributed by atoms with Gasteiger partial charge >= 0.3 is 0 Å². The maximum atomic E-state index is 12.1. The standard InChI is InChI=1S/C13H17BrN2O3S/c1-8-3-9(2)13(11(14)4-8)16-6-10(5-12(16)17)7-20(15,18)19/h3-4,10H,5-7H2,1-2H3,(H2,15,18,19). The minimum Gasteiger partial charge on any atom is -0.311 e. The van der Waals surface area contributed by atoms with E-state index in [1.54, 1.807) is 4.90 Å². The van der Waals surface area contributed by atoms with Crippen molar-refractivity contribution in [3.05, 3.63) is 27.7 Å². The van der Waals surface area contributed by atoms with E-state index < -0.39 is 10.0 Å². The molecular weight excluding hydrogens is 344 g/mol. The molecule has 1 aliphatic rings. The van der Waals surface area contributed by atoms with Crippen LogP contribution in [0.25, 0.3) is 0 Å². The Balaban J connectivity index is 2.29. The second kappa shape index (κ2) is 5.46. The van der Waals surface area contributed by atoms with Crippen molar-refractivity contribution in [3.8, 4) is 0 Å². The van der Waals surface area contributed by atoms with Crippen LogP contribution in [0, 0.1) is 19.8 Å². The molecule has 1 aromatic carbocycles. The zero-order chi connectivity index (χ0) is 15.1. The fourth-order valence-corrected chi connectivity index (χ4v) is 4.46. The molecular formula is C13H17BrN2O3S. The Morgan fingerprint density at radius 3 is 2.60 bits per heavy atom. The number of anilines is 1. The van der Waals surface area contributed by atoms with Gasteiger partial charge in [-0.3, -0.25) is 4.79 Å². The van der Waals surface area contributed by atoms with E-state index in [-0.39, 0.29) is 24.0 Å². The van der Waals surface area contributed by atoms with E-state index in [0.29, 0.717) is 6.54 Å². The number of carbonyl (C=O) groups excluding carboxylic acids is 1. The van der Waals surface area contributed by atoms with Crippen LogP contribution in [0.2, 0.25) is 0 Å². The molecule has 0 spiro atoms. The maximum Gasteiger partial charge on any atom is 0.227 e. The first-order valence-electron chi connectivity index (χ1n) is 6.25. The molecule has 2 N–H and O–H groups in total. The SMILES string of the molecule is Cc1cc(C)c(N2CC(CS(N)(=O)=O)CC2=O)c(Br)c1. The molecule has 1 amide bonds. The Morgan fingerprint density at radius 1 is 1.40 bits per heavy atom. The Kier molecular flexibility index (Phi) is 4.22. The van der Waals surface area contributed by atoms with E-state index in [2.05, 4.69) is 15.9 Å². The van der Waals surface area contributed by atoms with Gasteiger partial charge in [0.2, 0.25) is 15.9 Å². The van der Waals surface area contributed by atoms with E-state index >= 15 is 0 Å². The third kappa shape index (κ3) is 3.39. The molecule has 1 fully saturated rings. The Bertz CT molecular complexity index is 635. The van der Waals surface area contributed by atoms with Crippen molar-refractivity contribution in [3.63, 3.8) is 0 Å². The van der Waals surface area contributed by atoms with Gasteiger partial charge in [0.1, 0.15) is 0 Å². The van der Waals surface area contributed by atoms with Gasteiger partial charge in [0, 0.05) is 23.4 Å². The van der Waals surface area contributed by atoms with Crippen LogP contribution in [0.1, 0.15) is 17.5 Å². The lowest BCUT2D eigenvalue weighted by Gasteiger charge is -2.21. The Labute approximate surface area is 127 Å². The van der Waals surface area contributed by atoms with E-state index in [0.717, 1.165) is 21.3 Å². The lowest BCUT2D eigenvalue weighted by atomic mass is 10.1. The third-order valence-corrected chi connectivity index (χ3v) is 4.88. The molecule has 1 atom stereocenters. The number of halogens is 1. The number of hydrogen-bond donors (Lipinski definition) is 1. The number of sulfonamides is 1. The first-order valence-corrected chi connectivity index (χ1v) is 8.76. The molecule has 0 bridgehead atoms. The fourth-order valence-electron chi connectivity index (χ4n) is 2.69. The van der Waals surface area contributed by atoms with Gasteiger partial charge in [0.15, 0.2) is 0 Å². The van der Waals surface area contributed by atoms with Crippen LogP contribution in [0.4, 0.5) is 5.69 Å². The highest BCUT2D eigenvalue weighted by Gasteiger charge is 2.34. The van der Waals surface area contributed by atoms with Gasteiger partial charge < -0.3 is 4.90 Å². The summed E-state index contributed by atoms with van der Waals surface area (Å²) in [5, 5.41) is 5.06. The predicted molar refractivity (Wildman–Crippen MR) is 82.1 cm³/mol. The number of amides is 1. The normalized spacial score (nSPS) is 19.7. The monoisotopic (exact) mass is 360 g/mol. The quantitative estimate of drug-likeness (QED) is 0.890. The van der Waals surface area contributed by atoms with Gasteiger partial charge in [0.05, 0.1) is 11.4 Å². The van der Waals surface area contributed by atoms with Crippen LogP contribution in [0.3, 0.4) is 0 Å². The molecule has 7 heteroatoms. The lowest BCUT2D eigenvalue weighted by Crippen LogP contribution is -2.28. The third-order valence-electron chi connectivity index (χ3n) is 3.34. The van der Waals surface area contributed by atoms with Crippen molar-refractivity contribution in [2.45, 2.75) is 20.3 Å². The summed E-state index contributed by atoms with van der Waals surface area (Å²) in [5.41, 5.74) is 2.91. The van der Waals surface area contributed by atoms with E-state index in [1.165, 1.54) is 0 Å². The second-order valence-electron chi connectivity index (χ2n) is 5.32. The molecule has 1 heterocycles. The molecule has 0 saturated carbocycles. The van der Waals surface area contributed by atoms with Gasteiger partial charge in [-0.05, 0) is 47.0 Å². The first-order chi connectivity index (χ1) is 9.17.